The van der Waals surface area contributed by atoms with Crippen molar-refractivity contribution in [2.24, 2.45) is 0 Å². The van der Waals surface area contributed by atoms with Gasteiger partial charge in [-0.25, -0.2) is 0 Å². The Kier molecular flexibility index (Phi) is 5.85. The smallest absolute Gasteiger partial charge is 0.300 e. The van der Waals surface area contributed by atoms with E-state index in [1.54, 1.807) is 18.2 Å². The number of amides is 1. The third kappa shape index (κ3) is 4.02. The lowest BCUT2D eigenvalue weighted by Gasteiger charge is -2.10. The first-order valence-corrected chi connectivity index (χ1v) is 8.86. The van der Waals surface area contributed by atoms with E-state index in [-0.39, 0.29) is 38.3 Å². The van der Waals surface area contributed by atoms with E-state index < -0.39 is 27.1 Å². The van der Waals surface area contributed by atoms with E-state index in [0.29, 0.717) is 0 Å². The molecule has 2 N–H and O–H groups in total. The molecule has 30 heavy (non-hydrogen) atoms. The first-order valence-electron chi connectivity index (χ1n) is 8.10. The minimum absolute atomic E-state index is 0.00191. The lowest BCUT2D eigenvalue weighted by molar-refractivity contribution is -0.393. The van der Waals surface area contributed by atoms with Crippen LogP contribution < -0.4 is 10.9 Å². The van der Waals surface area contributed by atoms with E-state index in [4.69, 9.17) is 27.7 Å². The molecule has 0 aliphatic rings. The number of aryl methyl sites for hydroxylation is 1. The quantitative estimate of drug-likeness (QED) is 0.409. The van der Waals surface area contributed by atoms with Crippen LogP contribution in [0.15, 0.2) is 40.9 Å². The van der Waals surface area contributed by atoms with Gasteiger partial charge in [0.2, 0.25) is 0 Å². The number of hydrogen-bond acceptors (Lipinski definition) is 8. The highest BCUT2D eigenvalue weighted by atomic mass is 35.5. The van der Waals surface area contributed by atoms with Gasteiger partial charge in [-0.15, -0.1) is 0 Å². The Morgan fingerprint density at radius 3 is 2.37 bits per heavy atom. The number of hydrogen-bond donors (Lipinski definition) is 2. The van der Waals surface area contributed by atoms with E-state index in [9.17, 15) is 25.0 Å². The van der Waals surface area contributed by atoms with Crippen molar-refractivity contribution < 1.29 is 19.2 Å². The molecule has 0 saturated heterocycles. The van der Waals surface area contributed by atoms with Crippen LogP contribution in [-0.2, 0) is 0 Å². The fourth-order valence-corrected chi connectivity index (χ4v) is 3.19. The van der Waals surface area contributed by atoms with Gasteiger partial charge in [0.05, 0.1) is 26.0 Å². The number of nitrogens with zero attached hydrogens (tertiary/aromatic N) is 3. The zero-order chi connectivity index (χ0) is 22.0. The minimum atomic E-state index is -0.818. The molecule has 0 aliphatic heterocycles. The molecular formula is C17H11Cl2N5O6. The summed E-state index contributed by atoms with van der Waals surface area (Å²) < 4.78 is 5.10. The topological polar surface area (TPSA) is 153 Å². The maximum absolute atomic E-state index is 12.7. The molecule has 13 heteroatoms. The van der Waals surface area contributed by atoms with Gasteiger partial charge < -0.3 is 4.52 Å². The maximum Gasteiger partial charge on any atom is 0.300 e. The highest BCUT2D eigenvalue weighted by Crippen LogP contribution is 2.36. The third-order valence-corrected chi connectivity index (χ3v) is 4.62. The molecule has 11 nitrogen and oxygen atoms in total. The number of carbonyl (C=O) groups is 1. The van der Waals surface area contributed by atoms with Crippen LogP contribution in [0, 0.1) is 27.2 Å². The third-order valence-electron chi connectivity index (χ3n) is 3.99. The predicted octanol–water partition coefficient (Wildman–Crippen LogP) is 4.53. The molecule has 1 amide bonds. The van der Waals surface area contributed by atoms with Crippen LogP contribution in [-0.4, -0.2) is 20.9 Å². The number of carbonyl (C=O) groups excluding carboxylic acids is 1. The lowest BCUT2D eigenvalue weighted by Crippen LogP contribution is -2.30. The number of aromatic nitrogens is 1. The molecule has 0 saturated carbocycles. The van der Waals surface area contributed by atoms with Crippen LogP contribution in [0.4, 0.5) is 17.1 Å². The summed E-state index contributed by atoms with van der Waals surface area (Å²) in [5, 5.41) is 26.4. The molecule has 3 aromatic rings. The summed E-state index contributed by atoms with van der Waals surface area (Å²) >= 11 is 12.4. The van der Waals surface area contributed by atoms with E-state index in [1.165, 1.54) is 6.92 Å². The van der Waals surface area contributed by atoms with E-state index in [2.05, 4.69) is 16.0 Å². The second kappa shape index (κ2) is 8.35. The predicted molar refractivity (Wildman–Crippen MR) is 108 cm³/mol. The summed E-state index contributed by atoms with van der Waals surface area (Å²) in [7, 11) is 0. The van der Waals surface area contributed by atoms with Gasteiger partial charge in [0, 0.05) is 11.6 Å². The molecule has 1 heterocycles. The first kappa shape index (κ1) is 21.0. The number of nitrogens with one attached hydrogen (secondary N) is 2. The van der Waals surface area contributed by atoms with Crippen molar-refractivity contribution in [2.75, 3.05) is 5.43 Å². The fourth-order valence-electron chi connectivity index (χ4n) is 2.61. The van der Waals surface area contributed by atoms with Gasteiger partial charge in [-0.1, -0.05) is 34.4 Å². The number of nitro groups is 2. The van der Waals surface area contributed by atoms with Crippen molar-refractivity contribution in [3.8, 4) is 11.3 Å². The summed E-state index contributed by atoms with van der Waals surface area (Å²) in [6.07, 6.45) is 0. The van der Waals surface area contributed by atoms with Crippen LogP contribution in [0.3, 0.4) is 0 Å². The minimum Gasteiger partial charge on any atom is -0.360 e. The number of anilines is 1. The summed E-state index contributed by atoms with van der Waals surface area (Å²) in [4.78, 5) is 33.2. The van der Waals surface area contributed by atoms with Gasteiger partial charge in [0.15, 0.2) is 0 Å². The molecule has 2 aromatic carbocycles. The normalized spacial score (nSPS) is 10.5. The molecule has 3 rings (SSSR count). The second-order valence-electron chi connectivity index (χ2n) is 5.85. The zero-order valence-corrected chi connectivity index (χ0v) is 16.5. The van der Waals surface area contributed by atoms with Crippen molar-refractivity contribution in [3.05, 3.63) is 78.0 Å². The Morgan fingerprint density at radius 1 is 1.10 bits per heavy atom. The van der Waals surface area contributed by atoms with Crippen LogP contribution in [0.1, 0.15) is 16.1 Å². The molecule has 0 bridgehead atoms. The van der Waals surface area contributed by atoms with E-state index >= 15 is 0 Å². The van der Waals surface area contributed by atoms with Crippen molar-refractivity contribution in [1.82, 2.24) is 10.6 Å². The van der Waals surface area contributed by atoms with Crippen molar-refractivity contribution in [3.63, 3.8) is 0 Å². The molecule has 0 fully saturated rings. The molecule has 0 unspecified atom stereocenters. The van der Waals surface area contributed by atoms with Crippen molar-refractivity contribution in [2.45, 2.75) is 6.92 Å². The fraction of sp³-hybridized carbons (Fsp3) is 0.0588. The van der Waals surface area contributed by atoms with Gasteiger partial charge in [-0.05, 0) is 25.1 Å². The summed E-state index contributed by atoms with van der Waals surface area (Å²) in [6.45, 7) is 1.49. The molecule has 154 valence electrons. The highest BCUT2D eigenvalue weighted by Gasteiger charge is 2.26. The number of rotatable bonds is 6. The maximum atomic E-state index is 12.7. The Labute approximate surface area is 177 Å². The largest absolute Gasteiger partial charge is 0.360 e. The second-order valence-corrected chi connectivity index (χ2v) is 6.67. The number of benzene rings is 2. The Balaban J connectivity index is 1.91. The number of nitro benzene ring substituents is 2. The van der Waals surface area contributed by atoms with Crippen LogP contribution >= 0.6 is 23.2 Å². The standard InChI is InChI=1S/C17H11Cl2N5O6/c1-8-14(16(22-30-8)15-10(18)3-2-4-11(15)19)17(25)21-20-12-6-5-9(23(26)27)7-13(12)24(28)29/h2-7,20H,1H3,(H,21,25). The average molecular weight is 452 g/mol. The van der Waals surface area contributed by atoms with Crippen LogP contribution in [0.2, 0.25) is 10.0 Å². The van der Waals surface area contributed by atoms with Gasteiger partial charge in [0.25, 0.3) is 11.6 Å². The Bertz CT molecular complexity index is 1160. The Hall–Kier alpha value is -3.70. The van der Waals surface area contributed by atoms with Gasteiger partial charge in [-0.2, -0.15) is 0 Å². The van der Waals surface area contributed by atoms with E-state index in [0.717, 1.165) is 18.2 Å². The molecule has 0 spiro atoms. The van der Waals surface area contributed by atoms with Gasteiger partial charge >= 0.3 is 5.69 Å². The van der Waals surface area contributed by atoms with Crippen LogP contribution in [0.25, 0.3) is 11.3 Å². The number of hydrazine groups is 1. The molecular weight excluding hydrogens is 441 g/mol. The molecule has 0 radical (unpaired) electrons. The van der Waals surface area contributed by atoms with E-state index in [1.807, 2.05) is 0 Å². The van der Waals surface area contributed by atoms with Crippen LogP contribution in [0.5, 0.6) is 0 Å². The van der Waals surface area contributed by atoms with Gasteiger partial charge in [0.1, 0.15) is 22.7 Å². The molecule has 1 aromatic heterocycles. The lowest BCUT2D eigenvalue weighted by atomic mass is 10.1. The first-order chi connectivity index (χ1) is 14.2. The number of halogens is 2. The molecule has 0 atom stereocenters. The average Bonchev–Trinajstić information content (AvgIpc) is 3.06. The SMILES string of the molecule is Cc1onc(-c2c(Cl)cccc2Cl)c1C(=O)NNc1ccc([N+](=O)[O-])cc1[N+](=O)[O-]. The molecule has 0 aliphatic carbocycles. The summed E-state index contributed by atoms with van der Waals surface area (Å²) in [5.74, 6) is -0.592. The van der Waals surface area contributed by atoms with Gasteiger partial charge in [-0.3, -0.25) is 35.9 Å². The monoisotopic (exact) mass is 451 g/mol. The van der Waals surface area contributed by atoms with Crippen molar-refractivity contribution in [1.29, 1.82) is 0 Å². The van der Waals surface area contributed by atoms with Crippen molar-refractivity contribution >= 4 is 46.2 Å². The zero-order valence-electron chi connectivity index (χ0n) is 15.0. The highest BCUT2D eigenvalue weighted by molar-refractivity contribution is 6.39. The number of non-ortho nitro benzene ring substituents is 1. The summed E-state index contributed by atoms with van der Waals surface area (Å²) in [5.41, 5.74) is 3.81. The Morgan fingerprint density at radius 2 is 1.77 bits per heavy atom. The summed E-state index contributed by atoms with van der Waals surface area (Å²) in [6, 6.07) is 7.67.